The summed E-state index contributed by atoms with van der Waals surface area (Å²) in [7, 11) is 0. The molecule has 0 saturated heterocycles. The molecule has 5 aromatic rings. The fourth-order valence-corrected chi connectivity index (χ4v) is 4.37. The molecule has 0 atom stereocenters. The lowest BCUT2D eigenvalue weighted by molar-refractivity contribution is 1.10. The summed E-state index contributed by atoms with van der Waals surface area (Å²) in [6, 6.07) is 30.0. The number of fused-ring (bicyclic) bond motifs is 5. The molecule has 0 spiro atoms. The Labute approximate surface area is 163 Å². The maximum absolute atomic E-state index is 4.73. The zero-order valence-corrected chi connectivity index (χ0v) is 15.3. The summed E-state index contributed by atoms with van der Waals surface area (Å²) in [6.07, 6.45) is 5.14. The molecule has 2 nitrogen and oxygen atoms in total. The summed E-state index contributed by atoms with van der Waals surface area (Å²) in [5, 5.41) is 1.27. The maximum Gasteiger partial charge on any atom is 0.0703 e. The second-order valence-electron chi connectivity index (χ2n) is 7.32. The topological polar surface area (TPSA) is 17.8 Å². The Morgan fingerprint density at radius 2 is 1.57 bits per heavy atom. The fourth-order valence-electron chi connectivity index (χ4n) is 4.37. The Morgan fingerprint density at radius 3 is 2.43 bits per heavy atom. The number of pyridine rings is 1. The number of aromatic nitrogens is 2. The average molecular weight is 358 g/mol. The fraction of sp³-hybridized carbons (Fsp3) is 0.0385. The number of hydrogen-bond donors (Lipinski definition) is 0. The van der Waals surface area contributed by atoms with Gasteiger partial charge in [-0.05, 0) is 41.3 Å². The lowest BCUT2D eigenvalue weighted by Crippen LogP contribution is -1.96. The SMILES string of the molecule is c1ccc(-c2ccc(-n3ccc4ccc5c(c43)-c3ccccc3C5)cn2)cc1. The van der Waals surface area contributed by atoms with Gasteiger partial charge in [0.05, 0.1) is 23.1 Å². The van der Waals surface area contributed by atoms with Crippen molar-refractivity contribution in [3.05, 3.63) is 108 Å². The van der Waals surface area contributed by atoms with E-state index in [0.717, 1.165) is 23.4 Å². The summed E-state index contributed by atoms with van der Waals surface area (Å²) in [5.41, 5.74) is 10.0. The molecule has 3 aromatic carbocycles. The van der Waals surface area contributed by atoms with Gasteiger partial charge in [-0.1, -0.05) is 66.7 Å². The van der Waals surface area contributed by atoms with Crippen LogP contribution in [0.5, 0.6) is 0 Å². The Balaban J connectivity index is 1.53. The Bertz CT molecular complexity index is 1310. The van der Waals surface area contributed by atoms with E-state index in [1.54, 1.807) is 0 Å². The largest absolute Gasteiger partial charge is 0.314 e. The predicted octanol–water partition coefficient (Wildman–Crippen LogP) is 6.26. The molecule has 0 unspecified atom stereocenters. The zero-order chi connectivity index (χ0) is 18.5. The second-order valence-corrected chi connectivity index (χ2v) is 7.32. The van der Waals surface area contributed by atoms with Crippen LogP contribution in [0.4, 0.5) is 0 Å². The molecule has 0 saturated carbocycles. The quantitative estimate of drug-likeness (QED) is 0.357. The van der Waals surface area contributed by atoms with E-state index in [-0.39, 0.29) is 0 Å². The highest BCUT2D eigenvalue weighted by atomic mass is 15.0. The van der Waals surface area contributed by atoms with Gasteiger partial charge in [-0.15, -0.1) is 0 Å². The lowest BCUT2D eigenvalue weighted by atomic mass is 10.0. The lowest BCUT2D eigenvalue weighted by Gasteiger charge is -2.11. The number of benzene rings is 3. The van der Waals surface area contributed by atoms with E-state index in [1.807, 2.05) is 24.4 Å². The number of nitrogens with zero attached hydrogens (tertiary/aromatic N) is 2. The minimum Gasteiger partial charge on any atom is -0.314 e. The van der Waals surface area contributed by atoms with E-state index >= 15 is 0 Å². The van der Waals surface area contributed by atoms with Crippen molar-refractivity contribution in [1.82, 2.24) is 9.55 Å². The molecule has 0 fully saturated rings. The second kappa shape index (κ2) is 5.93. The summed E-state index contributed by atoms with van der Waals surface area (Å²) >= 11 is 0. The summed E-state index contributed by atoms with van der Waals surface area (Å²) in [4.78, 5) is 4.73. The van der Waals surface area contributed by atoms with Crippen LogP contribution < -0.4 is 0 Å². The summed E-state index contributed by atoms with van der Waals surface area (Å²) in [6.45, 7) is 0. The van der Waals surface area contributed by atoms with Gasteiger partial charge in [0.15, 0.2) is 0 Å². The molecule has 28 heavy (non-hydrogen) atoms. The van der Waals surface area contributed by atoms with Crippen molar-refractivity contribution in [2.24, 2.45) is 0 Å². The van der Waals surface area contributed by atoms with E-state index in [1.165, 1.54) is 33.2 Å². The van der Waals surface area contributed by atoms with Crippen LogP contribution in [0.15, 0.2) is 97.3 Å². The smallest absolute Gasteiger partial charge is 0.0703 e. The first-order valence-electron chi connectivity index (χ1n) is 9.61. The van der Waals surface area contributed by atoms with Crippen LogP contribution in [0, 0.1) is 0 Å². The molecule has 2 heterocycles. The highest BCUT2D eigenvalue weighted by Gasteiger charge is 2.22. The van der Waals surface area contributed by atoms with E-state index in [0.29, 0.717) is 0 Å². The zero-order valence-electron chi connectivity index (χ0n) is 15.3. The van der Waals surface area contributed by atoms with E-state index < -0.39 is 0 Å². The van der Waals surface area contributed by atoms with E-state index in [4.69, 9.17) is 4.98 Å². The molecule has 0 aliphatic heterocycles. The molecule has 1 aliphatic carbocycles. The van der Waals surface area contributed by atoms with Crippen molar-refractivity contribution in [3.8, 4) is 28.1 Å². The molecule has 0 N–H and O–H groups in total. The van der Waals surface area contributed by atoms with Gasteiger partial charge in [0.2, 0.25) is 0 Å². The van der Waals surface area contributed by atoms with Gasteiger partial charge in [0.1, 0.15) is 0 Å². The van der Waals surface area contributed by atoms with Crippen LogP contribution in [-0.2, 0) is 6.42 Å². The van der Waals surface area contributed by atoms with Gasteiger partial charge in [-0.2, -0.15) is 0 Å². The number of rotatable bonds is 2. The van der Waals surface area contributed by atoms with Gasteiger partial charge >= 0.3 is 0 Å². The Hall–Kier alpha value is -3.65. The van der Waals surface area contributed by atoms with Crippen LogP contribution in [0.3, 0.4) is 0 Å². The standard InChI is InChI=1S/C26H18N2/c1-2-6-18(7-3-1)24-13-12-22(17-27-24)28-15-14-19-10-11-21-16-20-8-4-5-9-23(20)25(21)26(19)28/h1-15,17H,16H2. The van der Waals surface area contributed by atoms with Gasteiger partial charge < -0.3 is 4.57 Å². The highest BCUT2D eigenvalue weighted by molar-refractivity contribution is 6.00. The van der Waals surface area contributed by atoms with Crippen LogP contribution in [0.1, 0.15) is 11.1 Å². The molecule has 1 aliphatic rings. The maximum atomic E-state index is 4.73. The van der Waals surface area contributed by atoms with Crippen molar-refractivity contribution in [3.63, 3.8) is 0 Å². The molecule has 0 bridgehead atoms. The van der Waals surface area contributed by atoms with Crippen LogP contribution in [0.2, 0.25) is 0 Å². The molecule has 0 radical (unpaired) electrons. The third-order valence-electron chi connectivity index (χ3n) is 5.70. The normalized spacial score (nSPS) is 12.1. The average Bonchev–Trinajstić information content (AvgIpc) is 3.35. The van der Waals surface area contributed by atoms with Gasteiger partial charge in [-0.25, -0.2) is 0 Å². The van der Waals surface area contributed by atoms with E-state index in [9.17, 15) is 0 Å². The molecular formula is C26H18N2. The van der Waals surface area contributed by atoms with Gasteiger partial charge in [-0.3, -0.25) is 4.98 Å². The summed E-state index contributed by atoms with van der Waals surface area (Å²) < 4.78 is 2.28. The van der Waals surface area contributed by atoms with Crippen LogP contribution in [0.25, 0.3) is 39.0 Å². The highest BCUT2D eigenvalue weighted by Crippen LogP contribution is 2.42. The van der Waals surface area contributed by atoms with Gasteiger partial charge in [0.25, 0.3) is 0 Å². The van der Waals surface area contributed by atoms with Crippen molar-refractivity contribution in [2.75, 3.05) is 0 Å². The van der Waals surface area contributed by atoms with Crippen LogP contribution >= 0.6 is 0 Å². The van der Waals surface area contributed by atoms with Crippen molar-refractivity contribution >= 4 is 10.9 Å². The third-order valence-corrected chi connectivity index (χ3v) is 5.70. The van der Waals surface area contributed by atoms with Gasteiger partial charge in [0, 0.05) is 22.7 Å². The Kier molecular flexibility index (Phi) is 3.26. The van der Waals surface area contributed by atoms with Crippen LogP contribution in [-0.4, -0.2) is 9.55 Å². The summed E-state index contributed by atoms with van der Waals surface area (Å²) in [5.74, 6) is 0. The first-order valence-corrected chi connectivity index (χ1v) is 9.61. The van der Waals surface area contributed by atoms with Crippen molar-refractivity contribution in [1.29, 1.82) is 0 Å². The first-order chi connectivity index (χ1) is 13.9. The molecule has 6 rings (SSSR count). The molecule has 2 aromatic heterocycles. The molecular weight excluding hydrogens is 340 g/mol. The molecule has 0 amide bonds. The minimum absolute atomic E-state index is 0.997. The first kappa shape index (κ1) is 15.4. The minimum atomic E-state index is 0.997. The van der Waals surface area contributed by atoms with E-state index in [2.05, 4.69) is 77.5 Å². The number of hydrogen-bond acceptors (Lipinski definition) is 1. The molecule has 2 heteroatoms. The van der Waals surface area contributed by atoms with Crippen molar-refractivity contribution in [2.45, 2.75) is 6.42 Å². The Morgan fingerprint density at radius 1 is 0.714 bits per heavy atom. The predicted molar refractivity (Wildman–Crippen MR) is 115 cm³/mol. The molecule has 132 valence electrons. The van der Waals surface area contributed by atoms with Crippen molar-refractivity contribution < 1.29 is 0 Å². The third kappa shape index (κ3) is 2.25. The monoisotopic (exact) mass is 358 g/mol.